The van der Waals surface area contributed by atoms with Crippen LogP contribution in [0.5, 0.6) is 0 Å². The van der Waals surface area contributed by atoms with Gasteiger partial charge in [-0.2, -0.15) is 0 Å². The number of aromatic amines is 2. The number of amides is 4. The van der Waals surface area contributed by atoms with Crippen LogP contribution in [-0.2, 0) is 25.6 Å². The molecule has 3 aromatic carbocycles. The van der Waals surface area contributed by atoms with Crippen molar-refractivity contribution in [2.24, 2.45) is 5.92 Å². The van der Waals surface area contributed by atoms with Gasteiger partial charge in [0.05, 0.1) is 49.7 Å². The molecule has 280 valence electrons. The molecule has 3 heterocycles. The normalized spacial score (nSPS) is 17.4. The first-order valence-electron chi connectivity index (χ1n) is 18.2. The Labute approximate surface area is 312 Å². The number of rotatable bonds is 12. The number of carbonyl (C=O) groups excluding carboxylic acids is 4. The van der Waals surface area contributed by atoms with E-state index in [4.69, 9.17) is 4.98 Å². The first-order chi connectivity index (χ1) is 26.2. The number of nitrogens with zero attached hydrogens (tertiary/aromatic N) is 4. The zero-order valence-corrected chi connectivity index (χ0v) is 30.6. The van der Waals surface area contributed by atoms with Crippen LogP contribution in [0.4, 0.5) is 9.59 Å². The Balaban J connectivity index is 1.01. The summed E-state index contributed by atoms with van der Waals surface area (Å²) in [5.74, 6) is 1.42. The van der Waals surface area contributed by atoms with Crippen molar-refractivity contribution in [3.05, 3.63) is 84.6 Å². The number of aromatic nitrogens is 4. The number of methoxy groups -OCH3 is 2. The van der Waals surface area contributed by atoms with Crippen LogP contribution < -0.4 is 10.6 Å². The Hall–Kier alpha value is -6.18. The number of imidazole rings is 2. The van der Waals surface area contributed by atoms with Gasteiger partial charge in [0.25, 0.3) is 0 Å². The zero-order valence-electron chi connectivity index (χ0n) is 30.6. The van der Waals surface area contributed by atoms with Crippen molar-refractivity contribution >= 4 is 35.0 Å². The van der Waals surface area contributed by atoms with E-state index < -0.39 is 12.2 Å². The molecule has 1 saturated heterocycles. The lowest BCUT2D eigenvalue weighted by Crippen LogP contribution is -2.45. The number of H-pyrrole nitrogens is 2. The Morgan fingerprint density at radius 1 is 0.833 bits per heavy atom. The lowest BCUT2D eigenvalue weighted by Gasteiger charge is -2.34. The van der Waals surface area contributed by atoms with Gasteiger partial charge in [-0.1, -0.05) is 61.5 Å². The predicted molar refractivity (Wildman–Crippen MR) is 202 cm³/mol. The topological polar surface area (TPSA) is 175 Å². The largest absolute Gasteiger partial charge is 0.453 e. The smallest absolute Gasteiger partial charge is 0.407 e. The number of piperidine rings is 1. The molecule has 14 heteroatoms. The molecule has 2 fully saturated rings. The van der Waals surface area contributed by atoms with Gasteiger partial charge in [0.15, 0.2) is 0 Å². The summed E-state index contributed by atoms with van der Waals surface area (Å²) in [6.07, 6.45) is 4.21. The van der Waals surface area contributed by atoms with E-state index in [-0.39, 0.29) is 37.0 Å². The molecule has 0 spiro atoms. The molecule has 14 nitrogen and oxygen atoms in total. The van der Waals surface area contributed by atoms with E-state index in [1.807, 2.05) is 30.0 Å². The molecule has 54 heavy (non-hydrogen) atoms. The summed E-state index contributed by atoms with van der Waals surface area (Å²) in [4.78, 5) is 68.7. The van der Waals surface area contributed by atoms with Crippen molar-refractivity contribution in [3.63, 3.8) is 0 Å². The van der Waals surface area contributed by atoms with Gasteiger partial charge in [0.2, 0.25) is 11.8 Å². The third-order valence-electron chi connectivity index (χ3n) is 10.4. The summed E-state index contributed by atoms with van der Waals surface area (Å²) in [6, 6.07) is 22.8. The quantitative estimate of drug-likeness (QED) is 0.125. The first kappa shape index (κ1) is 36.2. The minimum absolute atomic E-state index is 0.106. The van der Waals surface area contributed by atoms with Crippen LogP contribution in [0.15, 0.2) is 72.9 Å². The molecule has 4 N–H and O–H groups in total. The number of benzene rings is 3. The number of nitrogens with one attached hydrogen (secondary N) is 4. The summed E-state index contributed by atoms with van der Waals surface area (Å²) < 4.78 is 9.21. The zero-order chi connectivity index (χ0) is 37.8. The van der Waals surface area contributed by atoms with E-state index in [1.165, 1.54) is 14.2 Å². The number of ether oxygens (including phenoxy) is 2. The van der Waals surface area contributed by atoms with E-state index in [9.17, 15) is 19.2 Å². The van der Waals surface area contributed by atoms with Crippen LogP contribution in [0, 0.1) is 5.92 Å². The molecule has 2 aromatic heterocycles. The average molecular weight is 733 g/mol. The molecular formula is C40H44N8O6. The Kier molecular flexibility index (Phi) is 10.6. The van der Waals surface area contributed by atoms with Crippen molar-refractivity contribution in [2.45, 2.75) is 51.2 Å². The summed E-state index contributed by atoms with van der Waals surface area (Å²) >= 11 is 0. The number of likely N-dealkylation sites (tertiary alicyclic amines) is 1. The van der Waals surface area contributed by atoms with E-state index in [2.05, 4.69) is 83.6 Å². The minimum atomic E-state index is -0.648. The second kappa shape index (κ2) is 15.8. The predicted octanol–water partition coefficient (Wildman–Crippen LogP) is 5.79. The van der Waals surface area contributed by atoms with Gasteiger partial charge in [0.1, 0.15) is 24.7 Å². The maximum atomic E-state index is 13.2. The van der Waals surface area contributed by atoms with Crippen molar-refractivity contribution in [1.29, 1.82) is 0 Å². The standard InChI is InChI=1S/C40H44N8O6/c1-4-17-47(35(49)21-42-39(51)53-2)23-34-41-20-33(44-34)27-11-9-25(10-12-27)24-5-7-26(8-6-24)28-14-16-31-32(19-28)46-38(45-31)37-29-13-15-30(18-29)48(37)36(50)22-43-40(52)54-3/h5-12,14,16,19-20,29-30,37H,4,13,15,17-18,21-23H2,1-3H3,(H,41,44)(H,42,51)(H,43,52)(H,45,46)/t29-,30+,37-/m0/s1. The highest BCUT2D eigenvalue weighted by Gasteiger charge is 2.49. The molecule has 0 unspecified atom stereocenters. The summed E-state index contributed by atoms with van der Waals surface area (Å²) in [5, 5.41) is 4.97. The third-order valence-corrected chi connectivity index (χ3v) is 10.4. The van der Waals surface area contributed by atoms with E-state index in [0.29, 0.717) is 24.8 Å². The molecule has 1 aliphatic carbocycles. The highest BCUT2D eigenvalue weighted by Crippen LogP contribution is 2.49. The molecule has 2 aliphatic rings. The average Bonchev–Trinajstić information content (AvgIpc) is 4.03. The minimum Gasteiger partial charge on any atom is -0.453 e. The second-order valence-corrected chi connectivity index (χ2v) is 13.7. The lowest BCUT2D eigenvalue weighted by molar-refractivity contribution is -0.135. The molecular weight excluding hydrogens is 688 g/mol. The van der Waals surface area contributed by atoms with Crippen LogP contribution in [-0.4, -0.2) is 93.6 Å². The molecule has 0 radical (unpaired) electrons. The van der Waals surface area contributed by atoms with Gasteiger partial charge >= 0.3 is 12.2 Å². The summed E-state index contributed by atoms with van der Waals surface area (Å²) in [5.41, 5.74) is 7.84. The molecule has 1 aliphatic heterocycles. The van der Waals surface area contributed by atoms with Gasteiger partial charge in [0, 0.05) is 12.6 Å². The van der Waals surface area contributed by atoms with Crippen molar-refractivity contribution in [3.8, 4) is 33.5 Å². The Bertz CT molecular complexity index is 2140. The van der Waals surface area contributed by atoms with Gasteiger partial charge in [-0.05, 0) is 71.6 Å². The van der Waals surface area contributed by atoms with Gasteiger partial charge in [-0.15, -0.1) is 0 Å². The lowest BCUT2D eigenvalue weighted by atomic mass is 9.98. The monoisotopic (exact) mass is 732 g/mol. The summed E-state index contributed by atoms with van der Waals surface area (Å²) in [6.45, 7) is 2.57. The molecule has 4 amide bonds. The second-order valence-electron chi connectivity index (χ2n) is 13.7. The maximum Gasteiger partial charge on any atom is 0.407 e. The molecule has 2 bridgehead atoms. The molecule has 5 aromatic rings. The van der Waals surface area contributed by atoms with Gasteiger partial charge < -0.3 is 39.9 Å². The maximum absolute atomic E-state index is 13.2. The molecule has 7 rings (SSSR count). The number of fused-ring (bicyclic) bond motifs is 3. The van der Waals surface area contributed by atoms with Crippen LogP contribution in [0.2, 0.25) is 0 Å². The number of hydrogen-bond donors (Lipinski definition) is 4. The van der Waals surface area contributed by atoms with E-state index >= 15 is 0 Å². The summed E-state index contributed by atoms with van der Waals surface area (Å²) in [7, 11) is 2.54. The number of alkyl carbamates (subject to hydrolysis) is 2. The van der Waals surface area contributed by atoms with Crippen LogP contribution >= 0.6 is 0 Å². The van der Waals surface area contributed by atoms with Gasteiger partial charge in [-0.25, -0.2) is 19.6 Å². The molecule has 3 atom stereocenters. The van der Waals surface area contributed by atoms with E-state index in [1.54, 1.807) is 11.1 Å². The fourth-order valence-corrected chi connectivity index (χ4v) is 7.72. The van der Waals surface area contributed by atoms with Crippen LogP contribution in [0.25, 0.3) is 44.5 Å². The van der Waals surface area contributed by atoms with Crippen LogP contribution in [0.1, 0.15) is 50.3 Å². The fraction of sp³-hybridized carbons (Fsp3) is 0.350. The molecule has 1 saturated carbocycles. The Morgan fingerprint density at radius 3 is 2.13 bits per heavy atom. The van der Waals surface area contributed by atoms with Crippen LogP contribution in [0.3, 0.4) is 0 Å². The number of hydrogen-bond acceptors (Lipinski definition) is 8. The van der Waals surface area contributed by atoms with Crippen molar-refractivity contribution in [2.75, 3.05) is 33.9 Å². The first-order valence-corrected chi connectivity index (χ1v) is 18.2. The van der Waals surface area contributed by atoms with Crippen molar-refractivity contribution < 1.29 is 28.7 Å². The SMILES string of the molecule is CCCN(Cc1ncc(-c2ccc(-c3ccc(-c4ccc5nc([C@@H]6[C@H]7CC[C@H](C7)N6C(=O)CNC(=O)OC)[nH]c5c4)cc3)cc2)[nH]1)C(=O)CNC(=O)OC. The Morgan fingerprint density at radius 2 is 1.46 bits per heavy atom. The highest BCUT2D eigenvalue weighted by molar-refractivity contribution is 5.85. The fourth-order valence-electron chi connectivity index (χ4n) is 7.72. The van der Waals surface area contributed by atoms with E-state index in [0.717, 1.165) is 76.1 Å². The van der Waals surface area contributed by atoms with Gasteiger partial charge in [-0.3, -0.25) is 9.59 Å². The number of carbonyl (C=O) groups is 4. The third kappa shape index (κ3) is 7.63. The van der Waals surface area contributed by atoms with Crippen molar-refractivity contribution in [1.82, 2.24) is 40.4 Å². The highest BCUT2D eigenvalue weighted by atomic mass is 16.5.